The lowest BCUT2D eigenvalue weighted by Crippen LogP contribution is -1.88. The molecule has 0 radical (unpaired) electrons. The highest BCUT2D eigenvalue weighted by molar-refractivity contribution is 7.10. The number of nitrogens with zero attached hydrogens (tertiary/aromatic N) is 2. The zero-order valence-corrected chi connectivity index (χ0v) is 8.85. The second-order valence-electron chi connectivity index (χ2n) is 2.66. The summed E-state index contributed by atoms with van der Waals surface area (Å²) in [5.41, 5.74) is 1.65. The highest BCUT2D eigenvalue weighted by Gasteiger charge is 2.08. The summed E-state index contributed by atoms with van der Waals surface area (Å²) in [6, 6.07) is 3.72. The number of hydrogen-bond donors (Lipinski definition) is 0. The van der Waals surface area contributed by atoms with E-state index in [1.807, 2.05) is 17.5 Å². The Labute approximate surface area is 90.9 Å². The summed E-state index contributed by atoms with van der Waals surface area (Å²) in [6.45, 7) is 3.95. The third-order valence-corrected chi connectivity index (χ3v) is 2.91. The van der Waals surface area contributed by atoms with Crippen molar-refractivity contribution in [3.05, 3.63) is 52.2 Å². The molecule has 2 heterocycles. The number of halogens is 1. The standard InChI is InChI=1S/C10H7ClN2S/c1-7(10-13-5-6-14-10)8-3-2-4-12-9(8)11/h2-6H,1H2. The molecule has 0 amide bonds. The van der Waals surface area contributed by atoms with E-state index in [1.54, 1.807) is 12.4 Å². The molecule has 2 aromatic rings. The van der Waals surface area contributed by atoms with Crippen LogP contribution in [0.5, 0.6) is 0 Å². The van der Waals surface area contributed by atoms with Crippen LogP contribution >= 0.6 is 22.9 Å². The van der Waals surface area contributed by atoms with Crippen LogP contribution in [0.3, 0.4) is 0 Å². The molecule has 0 unspecified atom stereocenters. The third-order valence-electron chi connectivity index (χ3n) is 1.77. The Balaban J connectivity index is 2.42. The number of aromatic nitrogens is 2. The zero-order valence-electron chi connectivity index (χ0n) is 7.27. The van der Waals surface area contributed by atoms with Crippen LogP contribution in [0.15, 0.2) is 36.5 Å². The molecule has 0 bridgehead atoms. The van der Waals surface area contributed by atoms with E-state index in [1.165, 1.54) is 11.3 Å². The largest absolute Gasteiger partial charge is 0.245 e. The van der Waals surface area contributed by atoms with E-state index < -0.39 is 0 Å². The van der Waals surface area contributed by atoms with Gasteiger partial charge in [-0.15, -0.1) is 11.3 Å². The molecule has 0 aliphatic carbocycles. The molecule has 0 aliphatic rings. The lowest BCUT2D eigenvalue weighted by atomic mass is 10.1. The van der Waals surface area contributed by atoms with Gasteiger partial charge in [0.05, 0.1) is 0 Å². The summed E-state index contributed by atoms with van der Waals surface area (Å²) in [7, 11) is 0. The quantitative estimate of drug-likeness (QED) is 0.729. The van der Waals surface area contributed by atoms with Crippen molar-refractivity contribution in [3.8, 4) is 0 Å². The first-order valence-electron chi connectivity index (χ1n) is 3.98. The van der Waals surface area contributed by atoms with Gasteiger partial charge in [-0.2, -0.15) is 0 Å². The van der Waals surface area contributed by atoms with E-state index >= 15 is 0 Å². The molecule has 0 saturated carbocycles. The van der Waals surface area contributed by atoms with Gasteiger partial charge in [-0.25, -0.2) is 9.97 Å². The van der Waals surface area contributed by atoms with Gasteiger partial charge >= 0.3 is 0 Å². The summed E-state index contributed by atoms with van der Waals surface area (Å²) in [4.78, 5) is 8.16. The molecule has 0 atom stereocenters. The molecule has 2 nitrogen and oxygen atoms in total. The van der Waals surface area contributed by atoms with Gasteiger partial charge in [-0.1, -0.05) is 18.2 Å². The van der Waals surface area contributed by atoms with Gasteiger partial charge in [0.1, 0.15) is 10.2 Å². The van der Waals surface area contributed by atoms with Crippen molar-refractivity contribution in [2.24, 2.45) is 0 Å². The first kappa shape index (κ1) is 9.37. The molecule has 0 aliphatic heterocycles. The molecule has 0 saturated heterocycles. The monoisotopic (exact) mass is 222 g/mol. The number of pyridine rings is 1. The predicted molar refractivity (Wildman–Crippen MR) is 59.5 cm³/mol. The van der Waals surface area contributed by atoms with Crippen molar-refractivity contribution in [2.45, 2.75) is 0 Å². The second-order valence-corrected chi connectivity index (χ2v) is 3.91. The Morgan fingerprint density at radius 1 is 1.36 bits per heavy atom. The van der Waals surface area contributed by atoms with Crippen LogP contribution in [0.25, 0.3) is 5.57 Å². The number of thiazole rings is 1. The minimum Gasteiger partial charge on any atom is -0.245 e. The summed E-state index contributed by atoms with van der Waals surface area (Å²) >= 11 is 7.48. The van der Waals surface area contributed by atoms with Crippen LogP contribution in [0.1, 0.15) is 10.6 Å². The predicted octanol–water partition coefficient (Wildman–Crippen LogP) is 3.25. The molecular weight excluding hydrogens is 216 g/mol. The van der Waals surface area contributed by atoms with E-state index in [9.17, 15) is 0 Å². The molecule has 4 heteroatoms. The topological polar surface area (TPSA) is 25.8 Å². The van der Waals surface area contributed by atoms with Gasteiger partial charge in [0, 0.05) is 28.9 Å². The maximum atomic E-state index is 5.94. The van der Waals surface area contributed by atoms with Crippen molar-refractivity contribution < 1.29 is 0 Å². The van der Waals surface area contributed by atoms with Crippen molar-refractivity contribution in [1.82, 2.24) is 9.97 Å². The summed E-state index contributed by atoms with van der Waals surface area (Å²) < 4.78 is 0. The number of hydrogen-bond acceptors (Lipinski definition) is 3. The fourth-order valence-electron chi connectivity index (χ4n) is 1.10. The van der Waals surface area contributed by atoms with E-state index in [0.29, 0.717) is 5.15 Å². The first-order valence-corrected chi connectivity index (χ1v) is 5.24. The molecule has 0 aromatic carbocycles. The van der Waals surface area contributed by atoms with Crippen LogP contribution in [-0.4, -0.2) is 9.97 Å². The molecule has 2 aromatic heterocycles. The summed E-state index contributed by atoms with van der Waals surface area (Å²) in [5, 5.41) is 3.25. The Kier molecular flexibility index (Phi) is 2.61. The maximum absolute atomic E-state index is 5.94. The van der Waals surface area contributed by atoms with Gasteiger partial charge < -0.3 is 0 Å². The Hall–Kier alpha value is -1.19. The van der Waals surface area contributed by atoms with Gasteiger partial charge in [-0.3, -0.25) is 0 Å². The Bertz CT molecular complexity index is 451. The van der Waals surface area contributed by atoms with Crippen molar-refractivity contribution in [3.63, 3.8) is 0 Å². The number of rotatable bonds is 2. The highest BCUT2D eigenvalue weighted by atomic mass is 35.5. The lowest BCUT2D eigenvalue weighted by Gasteiger charge is -2.02. The van der Waals surface area contributed by atoms with Crippen LogP contribution in [0.4, 0.5) is 0 Å². The second kappa shape index (κ2) is 3.90. The lowest BCUT2D eigenvalue weighted by molar-refractivity contribution is 1.30. The molecule has 2 rings (SSSR count). The van der Waals surface area contributed by atoms with E-state index in [2.05, 4.69) is 16.5 Å². The van der Waals surface area contributed by atoms with Crippen LogP contribution in [0, 0.1) is 0 Å². The molecule has 0 fully saturated rings. The minimum atomic E-state index is 0.465. The molecule has 0 spiro atoms. The van der Waals surface area contributed by atoms with Crippen molar-refractivity contribution in [2.75, 3.05) is 0 Å². The van der Waals surface area contributed by atoms with E-state index in [-0.39, 0.29) is 0 Å². The first-order chi connectivity index (χ1) is 6.79. The summed E-state index contributed by atoms with van der Waals surface area (Å²) in [5.74, 6) is 0. The SMILES string of the molecule is C=C(c1nccs1)c1cccnc1Cl. The van der Waals surface area contributed by atoms with Crippen LogP contribution < -0.4 is 0 Å². The van der Waals surface area contributed by atoms with Gasteiger partial charge in [0.15, 0.2) is 0 Å². The summed E-state index contributed by atoms with van der Waals surface area (Å²) in [6.07, 6.45) is 3.40. The van der Waals surface area contributed by atoms with E-state index in [0.717, 1.165) is 16.1 Å². The average molecular weight is 223 g/mol. The zero-order chi connectivity index (χ0) is 9.97. The normalized spacial score (nSPS) is 10.1. The molecule has 70 valence electrons. The molecule has 0 N–H and O–H groups in total. The molecule has 14 heavy (non-hydrogen) atoms. The van der Waals surface area contributed by atoms with Crippen LogP contribution in [-0.2, 0) is 0 Å². The van der Waals surface area contributed by atoms with Gasteiger partial charge in [0.2, 0.25) is 0 Å². The van der Waals surface area contributed by atoms with Crippen molar-refractivity contribution >= 4 is 28.5 Å². The third kappa shape index (κ3) is 1.69. The fraction of sp³-hybridized carbons (Fsp3) is 0. The average Bonchev–Trinajstić information content (AvgIpc) is 2.70. The molecular formula is C10H7ClN2S. The van der Waals surface area contributed by atoms with Gasteiger partial charge in [-0.05, 0) is 12.1 Å². The van der Waals surface area contributed by atoms with Crippen molar-refractivity contribution in [1.29, 1.82) is 0 Å². The smallest absolute Gasteiger partial charge is 0.136 e. The Morgan fingerprint density at radius 2 is 2.21 bits per heavy atom. The Morgan fingerprint density at radius 3 is 2.86 bits per heavy atom. The van der Waals surface area contributed by atoms with E-state index in [4.69, 9.17) is 11.6 Å². The maximum Gasteiger partial charge on any atom is 0.136 e. The minimum absolute atomic E-state index is 0.465. The highest BCUT2D eigenvalue weighted by Crippen LogP contribution is 2.27. The fourth-order valence-corrected chi connectivity index (χ4v) is 1.96. The van der Waals surface area contributed by atoms with Gasteiger partial charge in [0.25, 0.3) is 0 Å². The van der Waals surface area contributed by atoms with Crippen LogP contribution in [0.2, 0.25) is 5.15 Å².